The van der Waals surface area contributed by atoms with Crippen molar-refractivity contribution in [2.24, 2.45) is 0 Å². The first-order chi connectivity index (χ1) is 9.75. The molecule has 0 saturated carbocycles. The molecule has 0 aliphatic carbocycles. The van der Waals surface area contributed by atoms with Crippen molar-refractivity contribution in [1.29, 1.82) is 0 Å². The number of benzene rings is 2. The number of nitrogens with zero attached hydrogens (tertiary/aromatic N) is 1. The van der Waals surface area contributed by atoms with Crippen LogP contribution in [0.15, 0.2) is 54.6 Å². The van der Waals surface area contributed by atoms with Crippen LogP contribution in [-0.4, -0.2) is 16.5 Å². The molecule has 2 aromatic carbocycles. The third-order valence-corrected chi connectivity index (χ3v) is 3.39. The largest absolute Gasteiger partial charge is 0.358 e. The van der Waals surface area contributed by atoms with Gasteiger partial charge in [-0.2, -0.15) is 0 Å². The Labute approximate surface area is 116 Å². The van der Waals surface area contributed by atoms with Gasteiger partial charge in [-0.1, -0.05) is 48.5 Å². The lowest BCUT2D eigenvalue weighted by atomic mass is 10.0. The first-order valence-corrected chi connectivity index (χ1v) is 6.52. The molecule has 4 heteroatoms. The maximum Gasteiger partial charge on any atom is 0.209 e. The summed E-state index contributed by atoms with van der Waals surface area (Å²) in [5.74, 6) is 0. The van der Waals surface area contributed by atoms with E-state index < -0.39 is 0 Å². The predicted molar refractivity (Wildman–Crippen MR) is 79.3 cm³/mol. The Hall–Kier alpha value is -2.62. The lowest BCUT2D eigenvalue weighted by molar-refractivity contribution is -0.479. The molecule has 0 unspecified atom stereocenters. The van der Waals surface area contributed by atoms with Crippen molar-refractivity contribution in [3.8, 4) is 11.1 Å². The van der Waals surface area contributed by atoms with E-state index in [2.05, 4.69) is 4.98 Å². The molecule has 1 heterocycles. The predicted octanol–water partition coefficient (Wildman–Crippen LogP) is 3.65. The van der Waals surface area contributed by atoms with Crippen LogP contribution in [0.5, 0.6) is 0 Å². The fraction of sp³-hybridized carbons (Fsp3) is 0.125. The maximum atomic E-state index is 10.6. The molecule has 0 aliphatic heterocycles. The molecule has 100 valence electrons. The van der Waals surface area contributed by atoms with E-state index in [9.17, 15) is 10.1 Å². The van der Waals surface area contributed by atoms with Crippen molar-refractivity contribution in [3.63, 3.8) is 0 Å². The summed E-state index contributed by atoms with van der Waals surface area (Å²) in [6, 6.07) is 18.0. The zero-order valence-electron chi connectivity index (χ0n) is 10.9. The standard InChI is InChI=1S/C16H14N2O2/c19-18(20)11-10-15-16(12-6-2-1-3-7-12)13-8-4-5-9-14(13)17-15/h1-9,17H,10-11H2. The molecular formula is C16H14N2O2. The van der Waals surface area contributed by atoms with Crippen LogP contribution in [0.3, 0.4) is 0 Å². The van der Waals surface area contributed by atoms with Gasteiger partial charge in [-0.25, -0.2) is 0 Å². The Balaban J connectivity index is 2.16. The zero-order valence-corrected chi connectivity index (χ0v) is 10.9. The van der Waals surface area contributed by atoms with Crippen molar-refractivity contribution >= 4 is 10.9 Å². The van der Waals surface area contributed by atoms with Crippen LogP contribution in [0.25, 0.3) is 22.0 Å². The summed E-state index contributed by atoms with van der Waals surface area (Å²) in [5.41, 5.74) is 4.10. The summed E-state index contributed by atoms with van der Waals surface area (Å²) >= 11 is 0. The summed E-state index contributed by atoms with van der Waals surface area (Å²) < 4.78 is 0. The minimum atomic E-state index is -0.278. The second-order valence-corrected chi connectivity index (χ2v) is 4.70. The van der Waals surface area contributed by atoms with Crippen LogP contribution in [-0.2, 0) is 6.42 Å². The lowest BCUT2D eigenvalue weighted by Gasteiger charge is -2.03. The Morgan fingerprint density at radius 3 is 2.45 bits per heavy atom. The summed E-state index contributed by atoms with van der Waals surface area (Å²) in [6.07, 6.45) is 0.409. The van der Waals surface area contributed by atoms with Crippen LogP contribution in [0.2, 0.25) is 0 Å². The van der Waals surface area contributed by atoms with E-state index in [1.54, 1.807) is 0 Å². The van der Waals surface area contributed by atoms with Gasteiger partial charge in [0.25, 0.3) is 0 Å². The monoisotopic (exact) mass is 266 g/mol. The minimum absolute atomic E-state index is 0.0628. The van der Waals surface area contributed by atoms with Gasteiger partial charge < -0.3 is 4.98 Å². The van der Waals surface area contributed by atoms with Crippen molar-refractivity contribution in [3.05, 3.63) is 70.4 Å². The highest BCUT2D eigenvalue weighted by Gasteiger charge is 2.14. The Kier molecular flexibility index (Phi) is 3.21. The minimum Gasteiger partial charge on any atom is -0.358 e. The van der Waals surface area contributed by atoms with Gasteiger partial charge in [0.05, 0.1) is 6.42 Å². The van der Waals surface area contributed by atoms with Gasteiger partial charge >= 0.3 is 0 Å². The number of nitrogens with one attached hydrogen (secondary N) is 1. The Bertz CT molecular complexity index is 748. The third-order valence-electron chi connectivity index (χ3n) is 3.39. The number of hydrogen-bond acceptors (Lipinski definition) is 2. The molecule has 0 atom stereocenters. The third kappa shape index (κ3) is 2.28. The number of para-hydroxylation sites is 1. The van der Waals surface area contributed by atoms with E-state index in [1.807, 2.05) is 54.6 Å². The molecule has 1 N–H and O–H groups in total. The van der Waals surface area contributed by atoms with Gasteiger partial charge in [-0.3, -0.25) is 10.1 Å². The number of rotatable bonds is 4. The van der Waals surface area contributed by atoms with Crippen LogP contribution in [0.1, 0.15) is 5.69 Å². The number of aromatic amines is 1. The van der Waals surface area contributed by atoms with Crippen molar-refractivity contribution in [2.75, 3.05) is 6.54 Å². The summed E-state index contributed by atoms with van der Waals surface area (Å²) in [5, 5.41) is 11.7. The summed E-state index contributed by atoms with van der Waals surface area (Å²) in [4.78, 5) is 13.7. The van der Waals surface area contributed by atoms with Gasteiger partial charge in [0.2, 0.25) is 6.54 Å². The molecule has 0 spiro atoms. The molecule has 0 fully saturated rings. The molecule has 0 bridgehead atoms. The van der Waals surface area contributed by atoms with Gasteiger partial charge in [-0.05, 0) is 11.6 Å². The smallest absolute Gasteiger partial charge is 0.209 e. The van der Waals surface area contributed by atoms with Gasteiger partial charge in [0.15, 0.2) is 0 Å². The molecule has 3 rings (SSSR count). The highest BCUT2D eigenvalue weighted by atomic mass is 16.6. The summed E-state index contributed by atoms with van der Waals surface area (Å²) in [7, 11) is 0. The van der Waals surface area contributed by atoms with Gasteiger partial charge in [0.1, 0.15) is 0 Å². The fourth-order valence-electron chi connectivity index (χ4n) is 2.52. The van der Waals surface area contributed by atoms with Crippen LogP contribution in [0.4, 0.5) is 0 Å². The summed E-state index contributed by atoms with van der Waals surface area (Å²) in [6.45, 7) is -0.0628. The number of fused-ring (bicyclic) bond motifs is 1. The molecule has 3 aromatic rings. The first kappa shape index (κ1) is 12.4. The average Bonchev–Trinajstić information content (AvgIpc) is 2.84. The number of nitro groups is 1. The number of aromatic nitrogens is 1. The fourth-order valence-corrected chi connectivity index (χ4v) is 2.52. The van der Waals surface area contributed by atoms with Crippen LogP contribution in [0, 0.1) is 10.1 Å². The van der Waals surface area contributed by atoms with Crippen molar-refractivity contribution in [1.82, 2.24) is 4.98 Å². The average molecular weight is 266 g/mol. The SMILES string of the molecule is O=[N+]([O-])CCc1[nH]c2ccccc2c1-c1ccccc1. The van der Waals surface area contributed by atoms with E-state index in [0.29, 0.717) is 6.42 Å². The molecule has 0 amide bonds. The Morgan fingerprint density at radius 2 is 1.70 bits per heavy atom. The van der Waals surface area contributed by atoms with Crippen molar-refractivity contribution < 1.29 is 4.92 Å². The molecule has 1 aromatic heterocycles. The number of H-pyrrole nitrogens is 1. The molecule has 20 heavy (non-hydrogen) atoms. The van der Waals surface area contributed by atoms with E-state index >= 15 is 0 Å². The quantitative estimate of drug-likeness (QED) is 0.578. The molecule has 0 aliphatic rings. The van der Waals surface area contributed by atoms with Crippen LogP contribution >= 0.6 is 0 Å². The zero-order chi connectivity index (χ0) is 13.9. The topological polar surface area (TPSA) is 58.9 Å². The highest BCUT2D eigenvalue weighted by Crippen LogP contribution is 2.32. The second kappa shape index (κ2) is 5.17. The van der Waals surface area contributed by atoms with E-state index in [0.717, 1.165) is 27.7 Å². The highest BCUT2D eigenvalue weighted by molar-refractivity contribution is 5.97. The Morgan fingerprint density at radius 1 is 1.00 bits per heavy atom. The molecule has 0 saturated heterocycles. The molecule has 0 radical (unpaired) electrons. The van der Waals surface area contributed by atoms with Crippen LogP contribution < -0.4 is 0 Å². The second-order valence-electron chi connectivity index (χ2n) is 4.70. The van der Waals surface area contributed by atoms with Crippen molar-refractivity contribution in [2.45, 2.75) is 6.42 Å². The molecule has 4 nitrogen and oxygen atoms in total. The van der Waals surface area contributed by atoms with Gasteiger partial charge in [-0.15, -0.1) is 0 Å². The lowest BCUT2D eigenvalue weighted by Crippen LogP contribution is -2.05. The molecular weight excluding hydrogens is 252 g/mol. The van der Waals surface area contributed by atoms with Gasteiger partial charge in [0, 0.05) is 27.1 Å². The van der Waals surface area contributed by atoms with E-state index in [4.69, 9.17) is 0 Å². The normalized spacial score (nSPS) is 10.8. The number of hydrogen-bond donors (Lipinski definition) is 1. The maximum absolute atomic E-state index is 10.6. The van der Waals surface area contributed by atoms with E-state index in [-0.39, 0.29) is 11.5 Å². The first-order valence-electron chi connectivity index (χ1n) is 6.52. The van der Waals surface area contributed by atoms with E-state index in [1.165, 1.54) is 0 Å².